The van der Waals surface area contributed by atoms with Gasteiger partial charge in [0.05, 0.1) is 13.4 Å². The highest BCUT2D eigenvalue weighted by Gasteiger charge is 2.48. The molecule has 1 saturated carbocycles. The summed E-state index contributed by atoms with van der Waals surface area (Å²) in [5, 5.41) is 24.0. The number of likely N-dealkylation sites (tertiary alicyclic amines) is 1. The lowest BCUT2D eigenvalue weighted by Crippen LogP contribution is -2.43. The number of benzene rings is 1. The smallest absolute Gasteiger partial charge is 0.415 e. The van der Waals surface area contributed by atoms with Crippen molar-refractivity contribution in [3.05, 3.63) is 36.4 Å². The molecular weight excluding hydrogens is 558 g/mol. The van der Waals surface area contributed by atoms with Crippen molar-refractivity contribution in [2.24, 2.45) is 5.92 Å². The van der Waals surface area contributed by atoms with Gasteiger partial charge in [-0.3, -0.25) is 9.36 Å². The summed E-state index contributed by atoms with van der Waals surface area (Å²) in [5.41, 5.74) is 6.68. The van der Waals surface area contributed by atoms with Crippen LogP contribution in [-0.2, 0) is 9.53 Å². The molecule has 14 nitrogen and oxygen atoms in total. The van der Waals surface area contributed by atoms with Crippen LogP contribution in [0.3, 0.4) is 0 Å². The molecule has 3 fully saturated rings. The van der Waals surface area contributed by atoms with Gasteiger partial charge in [-0.25, -0.2) is 19.7 Å². The van der Waals surface area contributed by atoms with Crippen LogP contribution in [0.15, 0.2) is 30.6 Å². The highest BCUT2D eigenvalue weighted by molar-refractivity contribution is 5.83. The van der Waals surface area contributed by atoms with Crippen LogP contribution in [0.1, 0.15) is 44.2 Å². The summed E-state index contributed by atoms with van der Waals surface area (Å²) in [6.07, 6.45) is -0.267. The van der Waals surface area contributed by atoms with Gasteiger partial charge in [-0.2, -0.15) is 0 Å². The van der Waals surface area contributed by atoms with Gasteiger partial charge in [0.2, 0.25) is 5.82 Å². The number of piperidine rings is 1. The zero-order valence-corrected chi connectivity index (χ0v) is 23.5. The quantitative estimate of drug-likeness (QED) is 0.299. The maximum atomic E-state index is 12.6. The Morgan fingerprint density at radius 3 is 2.51 bits per heavy atom. The fourth-order valence-corrected chi connectivity index (χ4v) is 5.20. The van der Waals surface area contributed by atoms with Crippen molar-refractivity contribution >= 4 is 29.0 Å². The number of aliphatic hydroxyl groups is 2. The van der Waals surface area contributed by atoms with Gasteiger partial charge in [0.25, 0.3) is 5.91 Å². The molecule has 4 heterocycles. The van der Waals surface area contributed by atoms with Crippen LogP contribution in [0.5, 0.6) is 11.5 Å². The van der Waals surface area contributed by atoms with Gasteiger partial charge < -0.3 is 40.4 Å². The normalized spacial score (nSPS) is 23.9. The summed E-state index contributed by atoms with van der Waals surface area (Å²) in [6.45, 7) is 1.12. The van der Waals surface area contributed by atoms with E-state index in [-0.39, 0.29) is 40.9 Å². The van der Waals surface area contributed by atoms with E-state index < -0.39 is 30.4 Å². The minimum Gasteiger partial charge on any atom is -0.497 e. The molecule has 14 heteroatoms. The van der Waals surface area contributed by atoms with Gasteiger partial charge in [0, 0.05) is 25.6 Å². The topological polar surface area (TPSA) is 187 Å². The first-order valence-electron chi connectivity index (χ1n) is 14.2. The molecule has 2 saturated heterocycles. The van der Waals surface area contributed by atoms with Crippen molar-refractivity contribution in [3.63, 3.8) is 0 Å². The molecule has 3 aliphatic rings. The van der Waals surface area contributed by atoms with Crippen molar-refractivity contribution in [3.8, 4) is 23.3 Å². The van der Waals surface area contributed by atoms with Crippen molar-refractivity contribution in [2.75, 3.05) is 25.9 Å². The first-order valence-corrected chi connectivity index (χ1v) is 14.2. The lowest BCUT2D eigenvalue weighted by molar-refractivity contribution is -0.137. The number of nitrogens with one attached hydrogen (secondary N) is 1. The molecule has 5 N–H and O–H groups in total. The maximum Gasteiger partial charge on any atom is 0.415 e. The van der Waals surface area contributed by atoms with Crippen LogP contribution in [0.25, 0.3) is 11.2 Å². The van der Waals surface area contributed by atoms with Crippen LogP contribution in [-0.4, -0.2) is 91.2 Å². The highest BCUT2D eigenvalue weighted by atomic mass is 16.6. The first-order chi connectivity index (χ1) is 20.8. The van der Waals surface area contributed by atoms with Crippen LogP contribution >= 0.6 is 0 Å². The van der Waals surface area contributed by atoms with Crippen molar-refractivity contribution in [1.29, 1.82) is 0 Å². The van der Waals surface area contributed by atoms with Crippen LogP contribution in [0, 0.1) is 17.8 Å². The van der Waals surface area contributed by atoms with Crippen LogP contribution < -0.4 is 20.5 Å². The molecule has 0 spiro atoms. The molecule has 0 radical (unpaired) electrons. The van der Waals surface area contributed by atoms with E-state index in [1.807, 2.05) is 0 Å². The molecule has 6 rings (SSSR count). The van der Waals surface area contributed by atoms with Crippen molar-refractivity contribution < 1.29 is 34.0 Å². The molecule has 2 aromatic heterocycles. The Kier molecular flexibility index (Phi) is 8.02. The molecule has 3 aromatic rings. The number of hydrogen-bond acceptors (Lipinski definition) is 11. The molecule has 226 valence electrons. The average molecular weight is 592 g/mol. The van der Waals surface area contributed by atoms with Crippen LogP contribution in [0.4, 0.5) is 10.6 Å². The zero-order chi connectivity index (χ0) is 30.1. The number of methoxy groups -OCH3 is 1. The summed E-state index contributed by atoms with van der Waals surface area (Å²) in [4.78, 5) is 39.7. The van der Waals surface area contributed by atoms with E-state index >= 15 is 0 Å². The van der Waals surface area contributed by atoms with Gasteiger partial charge >= 0.3 is 6.09 Å². The van der Waals surface area contributed by atoms with E-state index in [1.54, 1.807) is 36.3 Å². The summed E-state index contributed by atoms with van der Waals surface area (Å²) in [6, 6.07) is 6.93. The Balaban J connectivity index is 1.07. The molecule has 0 bridgehead atoms. The van der Waals surface area contributed by atoms with Gasteiger partial charge in [-0.05, 0) is 61.8 Å². The van der Waals surface area contributed by atoms with Crippen molar-refractivity contribution in [1.82, 2.24) is 29.7 Å². The number of anilines is 1. The third-order valence-electron chi connectivity index (χ3n) is 7.87. The molecular formula is C29H33N7O7. The highest BCUT2D eigenvalue weighted by Crippen LogP contribution is 2.33. The molecule has 1 aromatic carbocycles. The van der Waals surface area contributed by atoms with Gasteiger partial charge in [0.1, 0.15) is 29.2 Å². The van der Waals surface area contributed by atoms with Crippen molar-refractivity contribution in [2.45, 2.75) is 62.7 Å². The molecule has 2 amide bonds. The number of fused-ring (bicyclic) bond motifs is 1. The number of nitrogens with two attached hydrogens (primary N) is 1. The Labute approximate surface area is 247 Å². The van der Waals surface area contributed by atoms with Gasteiger partial charge in [-0.1, -0.05) is 5.92 Å². The zero-order valence-electron chi connectivity index (χ0n) is 23.5. The first kappa shape index (κ1) is 28.7. The molecule has 4 atom stereocenters. The summed E-state index contributed by atoms with van der Waals surface area (Å²) < 4.78 is 17.8. The second-order valence-electron chi connectivity index (χ2n) is 10.9. The fourth-order valence-electron chi connectivity index (χ4n) is 5.20. The second-order valence-corrected chi connectivity index (χ2v) is 10.9. The minimum atomic E-state index is -1.42. The largest absolute Gasteiger partial charge is 0.497 e. The van der Waals surface area contributed by atoms with Crippen LogP contribution in [0.2, 0.25) is 0 Å². The monoisotopic (exact) mass is 591 g/mol. The number of nitrogen functional groups attached to an aromatic ring is 1. The molecule has 1 unspecified atom stereocenters. The number of hydrogen-bond donors (Lipinski definition) is 4. The second kappa shape index (κ2) is 12.0. The Morgan fingerprint density at radius 1 is 1.09 bits per heavy atom. The van der Waals surface area contributed by atoms with Gasteiger partial charge in [0.15, 0.2) is 23.8 Å². The Hall–Kier alpha value is -4.45. The summed E-state index contributed by atoms with van der Waals surface area (Å²) >= 11 is 0. The van der Waals surface area contributed by atoms with E-state index in [0.29, 0.717) is 31.0 Å². The summed E-state index contributed by atoms with van der Waals surface area (Å²) in [5.74, 6) is 7.31. The molecule has 2 aliphatic heterocycles. The SMILES string of the molecule is COc1ccc(OC(=O)N2CCC(CC#Cc3nc(N)c4ncn([C@@H]5O[C@H](C(=O)NC6CC6)C(O)[C@@H]5O)c4n3)CC2)cc1. The number of imidazole rings is 1. The third-order valence-corrected chi connectivity index (χ3v) is 7.87. The van der Waals surface area contributed by atoms with E-state index in [0.717, 1.165) is 25.7 Å². The number of rotatable bonds is 6. The number of aromatic nitrogens is 4. The van der Waals surface area contributed by atoms with Gasteiger partial charge in [-0.15, -0.1) is 0 Å². The Morgan fingerprint density at radius 2 is 1.81 bits per heavy atom. The lowest BCUT2D eigenvalue weighted by atomic mass is 9.94. The number of nitrogens with zero attached hydrogens (tertiary/aromatic N) is 5. The predicted octanol–water partition coefficient (Wildman–Crippen LogP) is 0.968. The Bertz CT molecular complexity index is 1550. The predicted molar refractivity (Wildman–Crippen MR) is 152 cm³/mol. The summed E-state index contributed by atoms with van der Waals surface area (Å²) in [7, 11) is 1.57. The molecule has 43 heavy (non-hydrogen) atoms. The van der Waals surface area contributed by atoms with E-state index in [9.17, 15) is 19.8 Å². The van der Waals surface area contributed by atoms with E-state index in [1.165, 1.54) is 10.9 Å². The average Bonchev–Trinajstić information content (AvgIpc) is 3.64. The maximum absolute atomic E-state index is 12.6. The molecule has 1 aliphatic carbocycles. The fraction of sp³-hybridized carbons (Fsp3) is 0.483. The number of aliphatic hydroxyl groups excluding tert-OH is 2. The minimum absolute atomic E-state index is 0.0800. The number of carbonyl (C=O) groups is 2. The van der Waals surface area contributed by atoms with E-state index in [4.69, 9.17) is 19.9 Å². The number of ether oxygens (including phenoxy) is 3. The number of amides is 2. The lowest BCUT2D eigenvalue weighted by Gasteiger charge is -2.30. The standard InChI is InChI=1S/C29H33N7O7/c1-41-18-7-9-19(10-8-18)42-29(40)35-13-11-16(12-14-35)3-2-4-20-33-25(30)21-26(34-20)36(15-31-21)28-23(38)22(37)24(43-28)27(39)32-17-5-6-17/h7-10,15-17,22-24,28,37-38H,3,5-6,11-14H2,1H3,(H,32,39)(H2,30,33,34)/t22?,23-,24-,28+/m0/s1. The van der Waals surface area contributed by atoms with E-state index in [2.05, 4.69) is 32.1 Å². The third kappa shape index (κ3) is 6.19. The number of carbonyl (C=O) groups excluding carboxylic acids is 2.